The fourth-order valence-corrected chi connectivity index (χ4v) is 2.51. The molecular weight excluding hydrogens is 341 g/mol. The zero-order valence-corrected chi connectivity index (χ0v) is 13.3. The molecule has 24 heavy (non-hydrogen) atoms. The SMILES string of the molecule is CC(=O)Nc1ccc(NC(=O)C=Cc2cccs2)c(C(F)(F)F)c1. The first-order chi connectivity index (χ1) is 11.3. The van der Waals surface area contributed by atoms with E-state index in [0.29, 0.717) is 0 Å². The van der Waals surface area contributed by atoms with Crippen LogP contribution in [0.2, 0.25) is 0 Å². The summed E-state index contributed by atoms with van der Waals surface area (Å²) in [5.74, 6) is -1.17. The van der Waals surface area contributed by atoms with Crippen LogP contribution in [0.3, 0.4) is 0 Å². The number of thiophene rings is 1. The highest BCUT2D eigenvalue weighted by atomic mass is 32.1. The predicted molar refractivity (Wildman–Crippen MR) is 87.7 cm³/mol. The van der Waals surface area contributed by atoms with Crippen molar-refractivity contribution < 1.29 is 22.8 Å². The number of carbonyl (C=O) groups excluding carboxylic acids is 2. The molecular formula is C16H13F3N2O2S. The van der Waals surface area contributed by atoms with Gasteiger partial charge in [-0.25, -0.2) is 0 Å². The predicted octanol–water partition coefficient (Wildman–Crippen LogP) is 4.38. The first kappa shape index (κ1) is 17.7. The summed E-state index contributed by atoms with van der Waals surface area (Å²) in [4.78, 5) is 23.6. The van der Waals surface area contributed by atoms with E-state index in [9.17, 15) is 22.8 Å². The van der Waals surface area contributed by atoms with Gasteiger partial charge in [0.2, 0.25) is 11.8 Å². The maximum absolute atomic E-state index is 13.1. The Morgan fingerprint density at radius 1 is 1.17 bits per heavy atom. The van der Waals surface area contributed by atoms with Gasteiger partial charge >= 0.3 is 6.18 Å². The first-order valence-electron chi connectivity index (χ1n) is 6.77. The summed E-state index contributed by atoms with van der Waals surface area (Å²) < 4.78 is 39.4. The van der Waals surface area contributed by atoms with Crippen LogP contribution in [0, 0.1) is 0 Å². The third kappa shape index (κ3) is 4.95. The summed E-state index contributed by atoms with van der Waals surface area (Å²) in [7, 11) is 0. The van der Waals surface area contributed by atoms with Gasteiger partial charge in [-0.1, -0.05) is 6.07 Å². The van der Waals surface area contributed by atoms with Gasteiger partial charge in [0.1, 0.15) is 0 Å². The van der Waals surface area contributed by atoms with Gasteiger partial charge < -0.3 is 10.6 Å². The summed E-state index contributed by atoms with van der Waals surface area (Å²) in [5, 5.41) is 6.30. The summed E-state index contributed by atoms with van der Waals surface area (Å²) in [6.45, 7) is 1.19. The Labute approximate surface area is 140 Å². The zero-order chi connectivity index (χ0) is 17.7. The molecule has 0 atom stereocenters. The maximum Gasteiger partial charge on any atom is 0.418 e. The van der Waals surface area contributed by atoms with Crippen LogP contribution in [0.5, 0.6) is 0 Å². The Kier molecular flexibility index (Phi) is 5.40. The van der Waals surface area contributed by atoms with Crippen molar-refractivity contribution in [3.8, 4) is 0 Å². The second-order valence-electron chi connectivity index (χ2n) is 4.78. The topological polar surface area (TPSA) is 58.2 Å². The highest BCUT2D eigenvalue weighted by Gasteiger charge is 2.34. The lowest BCUT2D eigenvalue weighted by molar-refractivity contribution is -0.137. The molecule has 0 saturated heterocycles. The minimum absolute atomic E-state index is 0.00181. The summed E-state index contributed by atoms with van der Waals surface area (Å²) in [6.07, 6.45) is -2.00. The number of rotatable bonds is 4. The van der Waals surface area contributed by atoms with Crippen molar-refractivity contribution in [1.29, 1.82) is 0 Å². The molecule has 2 aromatic rings. The maximum atomic E-state index is 13.1. The van der Waals surface area contributed by atoms with Gasteiger partial charge in [-0.15, -0.1) is 11.3 Å². The fourth-order valence-electron chi connectivity index (χ4n) is 1.89. The van der Waals surface area contributed by atoms with Crippen molar-refractivity contribution in [2.45, 2.75) is 13.1 Å². The summed E-state index contributed by atoms with van der Waals surface area (Å²) >= 11 is 1.40. The van der Waals surface area contributed by atoms with E-state index >= 15 is 0 Å². The van der Waals surface area contributed by atoms with Gasteiger partial charge in [0.05, 0.1) is 11.3 Å². The lowest BCUT2D eigenvalue weighted by Gasteiger charge is -2.15. The van der Waals surface area contributed by atoms with Crippen molar-refractivity contribution >= 4 is 40.6 Å². The molecule has 1 aromatic heterocycles. The summed E-state index contributed by atoms with van der Waals surface area (Å²) in [6, 6.07) is 6.74. The second kappa shape index (κ2) is 7.31. The number of alkyl halides is 3. The average Bonchev–Trinajstić information content (AvgIpc) is 2.98. The molecule has 0 aliphatic carbocycles. The second-order valence-corrected chi connectivity index (χ2v) is 5.76. The number of carbonyl (C=O) groups is 2. The van der Waals surface area contributed by atoms with E-state index < -0.39 is 23.6 Å². The van der Waals surface area contributed by atoms with Crippen LogP contribution in [-0.2, 0) is 15.8 Å². The van der Waals surface area contributed by atoms with Gasteiger partial charge in [-0.05, 0) is 35.7 Å². The Morgan fingerprint density at radius 3 is 2.50 bits per heavy atom. The number of anilines is 2. The normalized spacial score (nSPS) is 11.5. The monoisotopic (exact) mass is 354 g/mol. The van der Waals surface area contributed by atoms with Crippen molar-refractivity contribution in [1.82, 2.24) is 0 Å². The van der Waals surface area contributed by atoms with Crippen LogP contribution < -0.4 is 10.6 Å². The third-order valence-corrected chi connectivity index (χ3v) is 3.68. The van der Waals surface area contributed by atoms with Crippen molar-refractivity contribution in [2.75, 3.05) is 10.6 Å². The van der Waals surface area contributed by atoms with E-state index in [4.69, 9.17) is 0 Å². The van der Waals surface area contributed by atoms with E-state index in [-0.39, 0.29) is 11.4 Å². The van der Waals surface area contributed by atoms with Crippen LogP contribution in [0.25, 0.3) is 6.08 Å². The Morgan fingerprint density at radius 2 is 1.92 bits per heavy atom. The Balaban J connectivity index is 2.22. The van der Waals surface area contributed by atoms with Crippen LogP contribution >= 0.6 is 11.3 Å². The van der Waals surface area contributed by atoms with Gasteiger partial charge in [0.15, 0.2) is 0 Å². The number of amides is 2. The zero-order valence-electron chi connectivity index (χ0n) is 12.5. The molecule has 0 fully saturated rings. The minimum Gasteiger partial charge on any atom is -0.326 e. The van der Waals surface area contributed by atoms with Crippen molar-refractivity contribution in [2.24, 2.45) is 0 Å². The lowest BCUT2D eigenvalue weighted by Crippen LogP contribution is -2.16. The molecule has 8 heteroatoms. The molecule has 0 aliphatic rings. The van der Waals surface area contributed by atoms with E-state index in [1.807, 2.05) is 5.38 Å². The van der Waals surface area contributed by atoms with E-state index in [2.05, 4.69) is 10.6 Å². The van der Waals surface area contributed by atoms with Crippen molar-refractivity contribution in [3.63, 3.8) is 0 Å². The standard InChI is InChI=1S/C16H13F3N2O2S/c1-10(22)20-11-4-6-14(13(9-11)16(17,18)19)21-15(23)7-5-12-3-2-8-24-12/h2-9H,1H3,(H,20,22)(H,21,23). The summed E-state index contributed by atoms with van der Waals surface area (Å²) in [5.41, 5.74) is -1.41. The van der Waals surface area contributed by atoms with Crippen LogP contribution in [0.15, 0.2) is 41.8 Å². The molecule has 1 aromatic carbocycles. The smallest absolute Gasteiger partial charge is 0.326 e. The molecule has 126 valence electrons. The molecule has 2 amide bonds. The molecule has 0 bridgehead atoms. The minimum atomic E-state index is -4.67. The van der Waals surface area contributed by atoms with Crippen LogP contribution in [0.1, 0.15) is 17.4 Å². The molecule has 2 rings (SSSR count). The van der Waals surface area contributed by atoms with Gasteiger partial charge in [0, 0.05) is 23.6 Å². The molecule has 0 aliphatic heterocycles. The Bertz CT molecular complexity index is 768. The average molecular weight is 354 g/mol. The van der Waals surface area contributed by atoms with E-state index in [1.165, 1.54) is 30.4 Å². The number of halogens is 3. The molecule has 4 nitrogen and oxygen atoms in total. The lowest BCUT2D eigenvalue weighted by atomic mass is 10.1. The molecule has 2 N–H and O–H groups in total. The number of hydrogen-bond acceptors (Lipinski definition) is 3. The number of nitrogens with one attached hydrogen (secondary N) is 2. The van der Waals surface area contributed by atoms with Crippen LogP contribution in [-0.4, -0.2) is 11.8 Å². The molecule has 0 spiro atoms. The van der Waals surface area contributed by atoms with E-state index in [1.54, 1.807) is 12.1 Å². The van der Waals surface area contributed by atoms with Gasteiger partial charge in [-0.2, -0.15) is 13.2 Å². The largest absolute Gasteiger partial charge is 0.418 e. The fraction of sp³-hybridized carbons (Fsp3) is 0.125. The quantitative estimate of drug-likeness (QED) is 0.801. The van der Waals surface area contributed by atoms with Crippen LogP contribution in [0.4, 0.5) is 24.5 Å². The Hall–Kier alpha value is -2.61. The van der Waals surface area contributed by atoms with Gasteiger partial charge in [-0.3, -0.25) is 9.59 Å². The molecule has 1 heterocycles. The highest BCUT2D eigenvalue weighted by molar-refractivity contribution is 7.10. The highest BCUT2D eigenvalue weighted by Crippen LogP contribution is 2.36. The molecule has 0 saturated carbocycles. The molecule has 0 radical (unpaired) electrons. The third-order valence-electron chi connectivity index (χ3n) is 2.85. The van der Waals surface area contributed by atoms with Crippen molar-refractivity contribution in [3.05, 3.63) is 52.2 Å². The number of hydrogen-bond donors (Lipinski definition) is 2. The molecule has 0 unspecified atom stereocenters. The number of benzene rings is 1. The van der Waals surface area contributed by atoms with Gasteiger partial charge in [0.25, 0.3) is 0 Å². The van der Waals surface area contributed by atoms with E-state index in [0.717, 1.165) is 23.1 Å². The first-order valence-corrected chi connectivity index (χ1v) is 7.65.